The summed E-state index contributed by atoms with van der Waals surface area (Å²) in [6.45, 7) is 0.581. The van der Waals surface area contributed by atoms with Gasteiger partial charge in [-0.3, -0.25) is 5.32 Å². The van der Waals surface area contributed by atoms with Crippen LogP contribution in [0.4, 0.5) is 0 Å². The normalized spacial score (nSPS) is 22.2. The third-order valence-electron chi connectivity index (χ3n) is 1.82. The molecule has 1 aromatic rings. The molecule has 1 N–H and O–H groups in total. The van der Waals surface area contributed by atoms with Crippen molar-refractivity contribution in [1.29, 1.82) is 0 Å². The van der Waals surface area contributed by atoms with E-state index in [1.165, 1.54) is 0 Å². The van der Waals surface area contributed by atoms with Crippen LogP contribution in [0.25, 0.3) is 0 Å². The Balaban J connectivity index is 2.42. The first-order valence-electron chi connectivity index (χ1n) is 3.73. The Hall–Kier alpha value is -0.870. The van der Waals surface area contributed by atoms with E-state index in [1.807, 2.05) is 0 Å². The van der Waals surface area contributed by atoms with Gasteiger partial charge in [0.15, 0.2) is 9.84 Å². The number of benzene rings is 1. The Morgan fingerprint density at radius 1 is 1.25 bits per heavy atom. The molecule has 1 atom stereocenters. The minimum atomic E-state index is -3.08. The molecule has 3 nitrogen and oxygen atoms in total. The Kier molecular flexibility index (Phi) is 1.66. The first-order chi connectivity index (χ1) is 5.71. The van der Waals surface area contributed by atoms with Gasteiger partial charge in [0.1, 0.15) is 5.37 Å². The van der Waals surface area contributed by atoms with Crippen molar-refractivity contribution >= 4 is 9.84 Å². The smallest absolute Gasteiger partial charge is 0.195 e. The van der Waals surface area contributed by atoms with Crippen molar-refractivity contribution in [3.05, 3.63) is 30.3 Å². The zero-order chi connectivity index (χ0) is 8.60. The van der Waals surface area contributed by atoms with Gasteiger partial charge in [0.25, 0.3) is 0 Å². The maximum absolute atomic E-state index is 11.5. The van der Waals surface area contributed by atoms with Gasteiger partial charge in [-0.25, -0.2) is 8.42 Å². The molecule has 1 heterocycles. The summed E-state index contributed by atoms with van der Waals surface area (Å²) < 4.78 is 23.1. The molecule has 4 heteroatoms. The van der Waals surface area contributed by atoms with Crippen molar-refractivity contribution in [3.63, 3.8) is 0 Å². The van der Waals surface area contributed by atoms with Gasteiger partial charge in [-0.1, -0.05) is 18.2 Å². The van der Waals surface area contributed by atoms with Crippen LogP contribution in [0.2, 0.25) is 0 Å². The van der Waals surface area contributed by atoms with Crippen LogP contribution < -0.4 is 5.32 Å². The zero-order valence-corrected chi connectivity index (χ0v) is 7.21. The maximum atomic E-state index is 11.5. The fraction of sp³-hybridized carbons (Fsp3) is 0.250. The Labute approximate surface area is 71.3 Å². The van der Waals surface area contributed by atoms with E-state index in [2.05, 4.69) is 5.32 Å². The average Bonchev–Trinajstić information content (AvgIpc) is 2.88. The molecule has 64 valence electrons. The first-order valence-corrected chi connectivity index (χ1v) is 5.28. The second-order valence-corrected chi connectivity index (χ2v) is 4.89. The van der Waals surface area contributed by atoms with E-state index in [0.29, 0.717) is 11.4 Å². The van der Waals surface area contributed by atoms with E-state index in [4.69, 9.17) is 0 Å². The molecule has 0 radical (unpaired) electrons. The lowest BCUT2D eigenvalue weighted by atomic mass is 10.4. The molecule has 1 fully saturated rings. The minimum absolute atomic E-state index is 0.347. The largest absolute Gasteiger partial charge is 0.297 e. The average molecular weight is 183 g/mol. The van der Waals surface area contributed by atoms with E-state index in [9.17, 15) is 8.42 Å². The lowest BCUT2D eigenvalue weighted by Crippen LogP contribution is -2.10. The predicted molar refractivity (Wildman–Crippen MR) is 45.4 cm³/mol. The highest BCUT2D eigenvalue weighted by molar-refractivity contribution is 7.92. The topological polar surface area (TPSA) is 56.1 Å². The molecule has 2 rings (SSSR count). The SMILES string of the molecule is O=S(=O)(c1ccccc1)C1CN1. The lowest BCUT2D eigenvalue weighted by molar-refractivity contribution is 0.594. The summed E-state index contributed by atoms with van der Waals surface area (Å²) in [5.41, 5.74) is 0. The highest BCUT2D eigenvalue weighted by Crippen LogP contribution is 2.18. The van der Waals surface area contributed by atoms with Crippen molar-refractivity contribution in [3.8, 4) is 0 Å². The third-order valence-corrected chi connectivity index (χ3v) is 3.83. The molecular weight excluding hydrogens is 174 g/mol. The van der Waals surface area contributed by atoms with Gasteiger partial charge < -0.3 is 0 Å². The number of rotatable bonds is 2. The van der Waals surface area contributed by atoms with Gasteiger partial charge in [0.05, 0.1) is 4.90 Å². The molecule has 1 saturated heterocycles. The number of hydrogen-bond acceptors (Lipinski definition) is 3. The van der Waals surface area contributed by atoms with Crippen molar-refractivity contribution in [1.82, 2.24) is 5.32 Å². The quantitative estimate of drug-likeness (QED) is 0.675. The van der Waals surface area contributed by atoms with Gasteiger partial charge >= 0.3 is 0 Å². The second kappa shape index (κ2) is 2.57. The molecule has 0 aromatic heterocycles. The number of sulfone groups is 1. The first kappa shape index (κ1) is 7.76. The van der Waals surface area contributed by atoms with E-state index >= 15 is 0 Å². The lowest BCUT2D eigenvalue weighted by Gasteiger charge is -1.99. The fourth-order valence-corrected chi connectivity index (χ4v) is 2.44. The summed E-state index contributed by atoms with van der Waals surface area (Å²) in [7, 11) is -3.08. The maximum Gasteiger partial charge on any atom is 0.195 e. The molecule has 1 aliphatic rings. The van der Waals surface area contributed by atoms with E-state index in [1.54, 1.807) is 30.3 Å². The summed E-state index contributed by atoms with van der Waals surface area (Å²) in [5.74, 6) is 0. The van der Waals surface area contributed by atoms with E-state index < -0.39 is 9.84 Å². The molecule has 0 amide bonds. The highest BCUT2D eigenvalue weighted by Gasteiger charge is 2.35. The Morgan fingerprint density at radius 3 is 2.33 bits per heavy atom. The highest BCUT2D eigenvalue weighted by atomic mass is 32.2. The fourth-order valence-electron chi connectivity index (χ4n) is 1.04. The van der Waals surface area contributed by atoms with Crippen LogP contribution in [0, 0.1) is 0 Å². The van der Waals surface area contributed by atoms with Crippen molar-refractivity contribution in [2.45, 2.75) is 10.3 Å². The van der Waals surface area contributed by atoms with Gasteiger partial charge in [-0.05, 0) is 12.1 Å². The molecule has 1 unspecified atom stereocenters. The number of hydrogen-bond donors (Lipinski definition) is 1. The summed E-state index contributed by atoms with van der Waals surface area (Å²) in [4.78, 5) is 0.403. The van der Waals surface area contributed by atoms with Crippen LogP contribution in [0.15, 0.2) is 35.2 Å². The van der Waals surface area contributed by atoms with Crippen LogP contribution in [0.3, 0.4) is 0 Å². The van der Waals surface area contributed by atoms with Gasteiger partial charge in [-0.15, -0.1) is 0 Å². The molecule has 1 aromatic carbocycles. The molecule has 1 aliphatic heterocycles. The molecule has 0 bridgehead atoms. The zero-order valence-electron chi connectivity index (χ0n) is 6.40. The number of nitrogens with one attached hydrogen (secondary N) is 1. The Bertz CT molecular complexity index is 367. The summed E-state index contributed by atoms with van der Waals surface area (Å²) in [5, 5.41) is 2.44. The van der Waals surface area contributed by atoms with Crippen LogP contribution in [-0.2, 0) is 9.84 Å². The predicted octanol–water partition coefficient (Wildman–Crippen LogP) is 0.390. The minimum Gasteiger partial charge on any atom is -0.297 e. The van der Waals surface area contributed by atoms with E-state index in [-0.39, 0.29) is 5.37 Å². The third kappa shape index (κ3) is 1.23. The standard InChI is InChI=1S/C8H9NO2S/c10-12(11,8-6-9-8)7-4-2-1-3-5-7/h1-5,8-9H,6H2. The van der Waals surface area contributed by atoms with Crippen molar-refractivity contribution in [2.75, 3.05) is 6.54 Å². The van der Waals surface area contributed by atoms with E-state index in [0.717, 1.165) is 0 Å². The molecular formula is C8H9NO2S. The molecule has 0 spiro atoms. The molecule has 0 saturated carbocycles. The van der Waals surface area contributed by atoms with Gasteiger partial charge in [0.2, 0.25) is 0 Å². The van der Waals surface area contributed by atoms with Crippen LogP contribution >= 0.6 is 0 Å². The van der Waals surface area contributed by atoms with Gasteiger partial charge in [0, 0.05) is 6.54 Å². The summed E-state index contributed by atoms with van der Waals surface area (Å²) in [6.07, 6.45) is 0. The van der Waals surface area contributed by atoms with Crippen LogP contribution in [0.5, 0.6) is 0 Å². The molecule has 12 heavy (non-hydrogen) atoms. The summed E-state index contributed by atoms with van der Waals surface area (Å²) in [6, 6.07) is 8.51. The van der Waals surface area contributed by atoms with Crippen LogP contribution in [-0.4, -0.2) is 20.3 Å². The van der Waals surface area contributed by atoms with Crippen molar-refractivity contribution < 1.29 is 8.42 Å². The monoisotopic (exact) mass is 183 g/mol. The van der Waals surface area contributed by atoms with Crippen molar-refractivity contribution in [2.24, 2.45) is 0 Å². The van der Waals surface area contributed by atoms with Gasteiger partial charge in [-0.2, -0.15) is 0 Å². The Morgan fingerprint density at radius 2 is 1.83 bits per heavy atom. The summed E-state index contributed by atoms with van der Waals surface area (Å²) >= 11 is 0. The van der Waals surface area contributed by atoms with Crippen LogP contribution in [0.1, 0.15) is 0 Å². The molecule has 0 aliphatic carbocycles. The second-order valence-electron chi connectivity index (χ2n) is 2.75.